The van der Waals surface area contributed by atoms with Crippen molar-refractivity contribution >= 4 is 23.3 Å². The maximum absolute atomic E-state index is 12.6. The molecule has 8 heteroatoms. The fourth-order valence-corrected chi connectivity index (χ4v) is 2.97. The van der Waals surface area contributed by atoms with Crippen LogP contribution in [0, 0.1) is 0 Å². The van der Waals surface area contributed by atoms with Gasteiger partial charge in [-0.1, -0.05) is 18.2 Å². The molecule has 4 aromatic rings. The van der Waals surface area contributed by atoms with Crippen molar-refractivity contribution in [1.82, 2.24) is 14.6 Å². The average molecular weight is 402 g/mol. The van der Waals surface area contributed by atoms with Crippen LogP contribution in [0.25, 0.3) is 16.9 Å². The number of aromatic nitrogens is 3. The molecule has 1 amide bonds. The largest absolute Gasteiger partial charge is 0.497 e. The summed E-state index contributed by atoms with van der Waals surface area (Å²) in [6.07, 6.45) is 1.63. The van der Waals surface area contributed by atoms with Crippen LogP contribution in [0.3, 0.4) is 0 Å². The first kappa shape index (κ1) is 19.1. The predicted molar refractivity (Wildman–Crippen MR) is 111 cm³/mol. The van der Waals surface area contributed by atoms with Gasteiger partial charge in [0, 0.05) is 11.1 Å². The van der Waals surface area contributed by atoms with Gasteiger partial charge in [-0.25, -0.2) is 14.3 Å². The summed E-state index contributed by atoms with van der Waals surface area (Å²) in [5, 5.41) is 7.28. The normalized spacial score (nSPS) is 10.6. The van der Waals surface area contributed by atoms with Crippen LogP contribution < -0.4 is 10.1 Å². The zero-order valence-corrected chi connectivity index (χ0v) is 16.3. The summed E-state index contributed by atoms with van der Waals surface area (Å²) in [7, 11) is 2.90. The quantitative estimate of drug-likeness (QED) is 0.514. The third kappa shape index (κ3) is 3.83. The molecule has 0 aliphatic rings. The summed E-state index contributed by atoms with van der Waals surface area (Å²) in [6, 6.07) is 17.5. The van der Waals surface area contributed by atoms with Gasteiger partial charge < -0.3 is 14.8 Å². The van der Waals surface area contributed by atoms with E-state index in [1.807, 2.05) is 36.4 Å². The van der Waals surface area contributed by atoms with Crippen molar-refractivity contribution in [3.8, 4) is 17.0 Å². The molecule has 2 heterocycles. The van der Waals surface area contributed by atoms with Gasteiger partial charge in [0.1, 0.15) is 5.75 Å². The Hall–Kier alpha value is -4.20. The minimum Gasteiger partial charge on any atom is -0.497 e. The van der Waals surface area contributed by atoms with Crippen LogP contribution in [0.2, 0.25) is 0 Å². The second-order valence-corrected chi connectivity index (χ2v) is 6.41. The SMILES string of the molecule is COC(=O)c1cccc(C(=O)Nc2cn3nc(-c4cccc(OC)c4)ccc3n2)c1. The summed E-state index contributed by atoms with van der Waals surface area (Å²) in [4.78, 5) is 28.6. The molecular weight excluding hydrogens is 384 g/mol. The van der Waals surface area contributed by atoms with Crippen LogP contribution in [0.15, 0.2) is 66.9 Å². The zero-order chi connectivity index (χ0) is 21.1. The molecule has 150 valence electrons. The van der Waals surface area contributed by atoms with Crippen molar-refractivity contribution in [3.05, 3.63) is 78.0 Å². The predicted octanol–water partition coefficient (Wildman–Crippen LogP) is 3.44. The molecule has 0 saturated carbocycles. The topological polar surface area (TPSA) is 94.8 Å². The average Bonchev–Trinajstić information content (AvgIpc) is 3.20. The molecule has 0 atom stereocenters. The van der Waals surface area contributed by atoms with Crippen molar-refractivity contribution in [3.63, 3.8) is 0 Å². The van der Waals surface area contributed by atoms with Crippen LogP contribution >= 0.6 is 0 Å². The minimum absolute atomic E-state index is 0.296. The van der Waals surface area contributed by atoms with E-state index in [2.05, 4.69) is 20.1 Å². The van der Waals surface area contributed by atoms with Gasteiger partial charge in [-0.05, 0) is 42.5 Å². The van der Waals surface area contributed by atoms with Crippen molar-refractivity contribution in [2.75, 3.05) is 19.5 Å². The summed E-state index contributed by atoms with van der Waals surface area (Å²) in [6.45, 7) is 0. The highest BCUT2D eigenvalue weighted by Crippen LogP contribution is 2.23. The summed E-state index contributed by atoms with van der Waals surface area (Å²) in [5.41, 5.74) is 2.84. The molecule has 1 N–H and O–H groups in total. The number of nitrogens with zero attached hydrogens (tertiary/aromatic N) is 3. The molecule has 0 unspecified atom stereocenters. The number of esters is 1. The molecule has 2 aromatic heterocycles. The highest BCUT2D eigenvalue weighted by molar-refractivity contribution is 6.05. The first-order valence-corrected chi connectivity index (χ1v) is 9.08. The van der Waals surface area contributed by atoms with Gasteiger partial charge in [-0.3, -0.25) is 4.79 Å². The molecule has 4 rings (SSSR count). The third-order valence-electron chi connectivity index (χ3n) is 4.47. The zero-order valence-electron chi connectivity index (χ0n) is 16.3. The molecule has 8 nitrogen and oxygen atoms in total. The van der Waals surface area contributed by atoms with Crippen molar-refractivity contribution in [2.24, 2.45) is 0 Å². The number of ether oxygens (including phenoxy) is 2. The Balaban J connectivity index is 1.58. The van der Waals surface area contributed by atoms with Gasteiger partial charge in [0.05, 0.1) is 31.7 Å². The molecule has 0 saturated heterocycles. The van der Waals surface area contributed by atoms with Gasteiger partial charge >= 0.3 is 5.97 Å². The van der Waals surface area contributed by atoms with Crippen LogP contribution in [0.5, 0.6) is 5.75 Å². The van der Waals surface area contributed by atoms with E-state index < -0.39 is 11.9 Å². The molecular formula is C22H18N4O4. The smallest absolute Gasteiger partial charge is 0.337 e. The molecule has 2 aromatic carbocycles. The standard InChI is InChI=1S/C22H18N4O4/c1-29-17-8-4-5-14(12-17)18-9-10-20-23-19(13-26(20)25-18)24-21(27)15-6-3-7-16(11-15)22(28)30-2/h3-13H,1-2H3,(H,24,27). The van der Waals surface area contributed by atoms with E-state index in [1.165, 1.54) is 13.2 Å². The lowest BCUT2D eigenvalue weighted by Gasteiger charge is -2.04. The summed E-state index contributed by atoms with van der Waals surface area (Å²) < 4.78 is 11.5. The minimum atomic E-state index is -0.508. The monoisotopic (exact) mass is 402 g/mol. The van der Waals surface area contributed by atoms with Gasteiger partial charge in [0.15, 0.2) is 11.5 Å². The van der Waals surface area contributed by atoms with E-state index in [-0.39, 0.29) is 0 Å². The Bertz CT molecular complexity index is 1250. The van der Waals surface area contributed by atoms with E-state index in [1.54, 1.807) is 36.0 Å². The second-order valence-electron chi connectivity index (χ2n) is 6.41. The maximum atomic E-state index is 12.6. The Labute approximate surface area is 172 Å². The number of amides is 1. The van der Waals surface area contributed by atoms with E-state index in [9.17, 15) is 9.59 Å². The van der Waals surface area contributed by atoms with Crippen LogP contribution in [0.1, 0.15) is 20.7 Å². The number of hydrogen-bond acceptors (Lipinski definition) is 6. The fraction of sp³-hybridized carbons (Fsp3) is 0.0909. The molecule has 0 spiro atoms. The lowest BCUT2D eigenvalue weighted by atomic mass is 10.1. The molecule has 0 bridgehead atoms. The Morgan fingerprint density at radius 1 is 0.967 bits per heavy atom. The number of fused-ring (bicyclic) bond motifs is 1. The van der Waals surface area contributed by atoms with E-state index in [0.29, 0.717) is 22.6 Å². The second kappa shape index (κ2) is 8.04. The molecule has 0 radical (unpaired) electrons. The number of hydrogen-bond donors (Lipinski definition) is 1. The van der Waals surface area contributed by atoms with E-state index in [0.717, 1.165) is 17.0 Å². The fourth-order valence-electron chi connectivity index (χ4n) is 2.97. The lowest BCUT2D eigenvalue weighted by Crippen LogP contribution is -2.13. The third-order valence-corrected chi connectivity index (χ3v) is 4.47. The number of benzene rings is 2. The van der Waals surface area contributed by atoms with Crippen LogP contribution in [0.4, 0.5) is 5.82 Å². The van der Waals surface area contributed by atoms with Gasteiger partial charge in [0.2, 0.25) is 0 Å². The molecule has 0 fully saturated rings. The summed E-state index contributed by atoms with van der Waals surface area (Å²) >= 11 is 0. The van der Waals surface area contributed by atoms with E-state index >= 15 is 0 Å². The number of anilines is 1. The van der Waals surface area contributed by atoms with Crippen molar-refractivity contribution in [2.45, 2.75) is 0 Å². The Morgan fingerprint density at radius 3 is 2.57 bits per heavy atom. The maximum Gasteiger partial charge on any atom is 0.337 e. The number of nitrogens with one attached hydrogen (secondary N) is 1. The highest BCUT2D eigenvalue weighted by atomic mass is 16.5. The molecule has 30 heavy (non-hydrogen) atoms. The Kier molecular flexibility index (Phi) is 5.13. The van der Waals surface area contributed by atoms with Crippen molar-refractivity contribution < 1.29 is 19.1 Å². The van der Waals surface area contributed by atoms with E-state index in [4.69, 9.17) is 4.74 Å². The summed E-state index contributed by atoms with van der Waals surface area (Å²) in [5.74, 6) is 0.185. The highest BCUT2D eigenvalue weighted by Gasteiger charge is 2.13. The lowest BCUT2D eigenvalue weighted by molar-refractivity contribution is 0.0600. The number of carbonyl (C=O) groups is 2. The molecule has 0 aliphatic carbocycles. The van der Waals surface area contributed by atoms with Gasteiger partial charge in [0.25, 0.3) is 5.91 Å². The van der Waals surface area contributed by atoms with Crippen molar-refractivity contribution in [1.29, 1.82) is 0 Å². The number of rotatable bonds is 5. The van der Waals surface area contributed by atoms with Gasteiger partial charge in [-0.15, -0.1) is 0 Å². The first-order valence-electron chi connectivity index (χ1n) is 9.08. The van der Waals surface area contributed by atoms with Crippen LogP contribution in [-0.4, -0.2) is 40.7 Å². The van der Waals surface area contributed by atoms with Gasteiger partial charge in [-0.2, -0.15) is 5.10 Å². The number of carbonyl (C=O) groups excluding carboxylic acids is 2. The molecule has 0 aliphatic heterocycles. The number of imidazole rings is 1. The van der Waals surface area contributed by atoms with Crippen LogP contribution in [-0.2, 0) is 4.74 Å². The first-order chi connectivity index (χ1) is 14.6. The Morgan fingerprint density at radius 2 is 1.77 bits per heavy atom. The number of methoxy groups -OCH3 is 2.